The van der Waals surface area contributed by atoms with E-state index in [9.17, 15) is 14.4 Å². The van der Waals surface area contributed by atoms with Crippen LogP contribution in [0, 0.1) is 5.92 Å². The number of carbonyl (C=O) groups is 3. The highest BCUT2D eigenvalue weighted by Gasteiger charge is 2.22. The first-order chi connectivity index (χ1) is 9.04. The first-order valence-electron chi connectivity index (χ1n) is 6.89. The molecule has 1 aliphatic heterocycles. The van der Waals surface area contributed by atoms with E-state index in [1.807, 2.05) is 13.8 Å². The van der Waals surface area contributed by atoms with Crippen molar-refractivity contribution in [3.63, 3.8) is 0 Å². The summed E-state index contributed by atoms with van der Waals surface area (Å²) in [7, 11) is 0. The summed E-state index contributed by atoms with van der Waals surface area (Å²) in [5.41, 5.74) is 0. The van der Waals surface area contributed by atoms with Crippen molar-refractivity contribution < 1.29 is 14.4 Å². The van der Waals surface area contributed by atoms with Gasteiger partial charge < -0.3 is 16.0 Å². The van der Waals surface area contributed by atoms with Gasteiger partial charge in [-0.25, -0.2) is 0 Å². The quantitative estimate of drug-likeness (QED) is 0.653. The molecule has 0 radical (unpaired) electrons. The van der Waals surface area contributed by atoms with Gasteiger partial charge in [0.15, 0.2) is 0 Å². The summed E-state index contributed by atoms with van der Waals surface area (Å²) >= 11 is 0. The zero-order chi connectivity index (χ0) is 14.3. The highest BCUT2D eigenvalue weighted by atomic mass is 16.2. The SMILES string of the molecule is CC[C@@H](C)C(=O)NCC(=O)N[C@H]1CCCCNC1=O. The van der Waals surface area contributed by atoms with Crippen LogP contribution in [-0.4, -0.2) is 36.9 Å². The first-order valence-corrected chi connectivity index (χ1v) is 6.89. The lowest BCUT2D eigenvalue weighted by Gasteiger charge is -2.16. The first kappa shape index (κ1) is 15.5. The molecule has 3 N–H and O–H groups in total. The van der Waals surface area contributed by atoms with Gasteiger partial charge in [0.05, 0.1) is 6.54 Å². The molecule has 1 saturated heterocycles. The third-order valence-corrected chi connectivity index (χ3v) is 3.35. The van der Waals surface area contributed by atoms with Gasteiger partial charge in [-0.2, -0.15) is 0 Å². The van der Waals surface area contributed by atoms with E-state index in [1.54, 1.807) is 0 Å². The minimum Gasteiger partial charge on any atom is -0.354 e. The van der Waals surface area contributed by atoms with Crippen molar-refractivity contribution in [2.75, 3.05) is 13.1 Å². The predicted octanol–water partition coefficient (Wildman–Crippen LogP) is -0.0664. The van der Waals surface area contributed by atoms with E-state index < -0.39 is 6.04 Å². The van der Waals surface area contributed by atoms with E-state index >= 15 is 0 Å². The van der Waals surface area contributed by atoms with Crippen LogP contribution >= 0.6 is 0 Å². The van der Waals surface area contributed by atoms with Gasteiger partial charge in [-0.1, -0.05) is 13.8 Å². The number of rotatable bonds is 5. The third kappa shape index (κ3) is 5.28. The van der Waals surface area contributed by atoms with Gasteiger partial charge in [-0.05, 0) is 25.7 Å². The highest BCUT2D eigenvalue weighted by molar-refractivity contribution is 5.90. The Morgan fingerprint density at radius 2 is 2.16 bits per heavy atom. The van der Waals surface area contributed by atoms with Crippen molar-refractivity contribution in [2.45, 2.75) is 45.6 Å². The highest BCUT2D eigenvalue weighted by Crippen LogP contribution is 2.05. The Morgan fingerprint density at radius 1 is 1.42 bits per heavy atom. The zero-order valence-corrected chi connectivity index (χ0v) is 11.6. The standard InChI is InChI=1S/C13H23N3O3/c1-3-9(2)12(18)15-8-11(17)16-10-6-4-5-7-14-13(10)19/h9-10H,3-8H2,1-2H3,(H,14,19)(H,15,18)(H,16,17)/t9-,10+/m1/s1. The van der Waals surface area contributed by atoms with Crippen LogP contribution in [0.5, 0.6) is 0 Å². The minimum atomic E-state index is -0.476. The molecule has 0 aliphatic carbocycles. The molecule has 2 atom stereocenters. The van der Waals surface area contributed by atoms with Crippen LogP contribution in [-0.2, 0) is 14.4 Å². The van der Waals surface area contributed by atoms with E-state index in [0.29, 0.717) is 13.0 Å². The molecule has 0 aromatic carbocycles. The molecule has 0 spiro atoms. The van der Waals surface area contributed by atoms with Gasteiger partial charge in [-0.3, -0.25) is 14.4 Å². The average Bonchev–Trinajstić information content (AvgIpc) is 2.60. The van der Waals surface area contributed by atoms with Crippen LogP contribution in [0.25, 0.3) is 0 Å². The second-order valence-electron chi connectivity index (χ2n) is 4.93. The molecule has 0 saturated carbocycles. The number of carbonyl (C=O) groups excluding carboxylic acids is 3. The Balaban J connectivity index is 2.34. The monoisotopic (exact) mass is 269 g/mol. The summed E-state index contributed by atoms with van der Waals surface area (Å²) in [6, 6.07) is -0.476. The Bertz CT molecular complexity index is 344. The molecule has 0 unspecified atom stereocenters. The lowest BCUT2D eigenvalue weighted by molar-refractivity contribution is -0.130. The molecular formula is C13H23N3O3. The van der Waals surface area contributed by atoms with Crippen molar-refractivity contribution >= 4 is 17.7 Å². The Labute approximate surface area is 113 Å². The maximum Gasteiger partial charge on any atom is 0.242 e. The molecule has 1 fully saturated rings. The van der Waals surface area contributed by atoms with Crippen LogP contribution in [0.4, 0.5) is 0 Å². The van der Waals surface area contributed by atoms with Gasteiger partial charge in [0.2, 0.25) is 17.7 Å². The number of hydrogen-bond donors (Lipinski definition) is 3. The fraction of sp³-hybridized carbons (Fsp3) is 0.769. The normalized spacial score (nSPS) is 20.9. The molecule has 108 valence electrons. The molecule has 3 amide bonds. The van der Waals surface area contributed by atoms with Crippen LogP contribution in [0.15, 0.2) is 0 Å². The van der Waals surface area contributed by atoms with Crippen LogP contribution < -0.4 is 16.0 Å². The van der Waals surface area contributed by atoms with Crippen molar-refractivity contribution in [3.05, 3.63) is 0 Å². The average molecular weight is 269 g/mol. The largest absolute Gasteiger partial charge is 0.354 e. The predicted molar refractivity (Wildman–Crippen MR) is 71.3 cm³/mol. The van der Waals surface area contributed by atoms with Crippen molar-refractivity contribution in [1.29, 1.82) is 0 Å². The van der Waals surface area contributed by atoms with Gasteiger partial charge in [-0.15, -0.1) is 0 Å². The molecule has 1 heterocycles. The third-order valence-electron chi connectivity index (χ3n) is 3.35. The van der Waals surface area contributed by atoms with Gasteiger partial charge in [0, 0.05) is 12.5 Å². The lowest BCUT2D eigenvalue weighted by Crippen LogP contribution is -2.48. The fourth-order valence-electron chi connectivity index (χ4n) is 1.85. The summed E-state index contributed by atoms with van der Waals surface area (Å²) in [5.74, 6) is -0.699. The topological polar surface area (TPSA) is 87.3 Å². The summed E-state index contributed by atoms with van der Waals surface area (Å²) in [6.45, 7) is 4.31. The summed E-state index contributed by atoms with van der Waals surface area (Å²) in [6.07, 6.45) is 3.22. The maximum atomic E-state index is 11.7. The second kappa shape index (κ2) is 7.76. The number of hydrogen-bond acceptors (Lipinski definition) is 3. The van der Waals surface area contributed by atoms with Gasteiger partial charge in [0.1, 0.15) is 6.04 Å². The molecule has 0 aromatic rings. The Kier molecular flexibility index (Phi) is 6.32. The number of amides is 3. The summed E-state index contributed by atoms with van der Waals surface area (Å²) in [4.78, 5) is 34.8. The molecule has 1 rings (SSSR count). The molecule has 19 heavy (non-hydrogen) atoms. The molecule has 1 aliphatic rings. The van der Waals surface area contributed by atoms with E-state index in [4.69, 9.17) is 0 Å². The summed E-state index contributed by atoms with van der Waals surface area (Å²) in [5, 5.41) is 7.98. The second-order valence-corrected chi connectivity index (χ2v) is 4.93. The van der Waals surface area contributed by atoms with Gasteiger partial charge >= 0.3 is 0 Å². The van der Waals surface area contributed by atoms with Crippen LogP contribution in [0.1, 0.15) is 39.5 Å². The molecule has 0 bridgehead atoms. The molecule has 6 heteroatoms. The Hall–Kier alpha value is -1.59. The van der Waals surface area contributed by atoms with E-state index in [-0.39, 0.29) is 30.2 Å². The lowest BCUT2D eigenvalue weighted by atomic mass is 10.1. The smallest absolute Gasteiger partial charge is 0.242 e. The van der Waals surface area contributed by atoms with Crippen LogP contribution in [0.3, 0.4) is 0 Å². The molecule has 6 nitrogen and oxygen atoms in total. The van der Waals surface area contributed by atoms with Crippen molar-refractivity contribution in [1.82, 2.24) is 16.0 Å². The van der Waals surface area contributed by atoms with E-state index in [0.717, 1.165) is 19.3 Å². The van der Waals surface area contributed by atoms with Crippen molar-refractivity contribution in [2.24, 2.45) is 5.92 Å². The van der Waals surface area contributed by atoms with Gasteiger partial charge in [0.25, 0.3) is 0 Å². The fourth-order valence-corrected chi connectivity index (χ4v) is 1.85. The molecular weight excluding hydrogens is 246 g/mol. The minimum absolute atomic E-state index is 0.0764. The molecule has 0 aromatic heterocycles. The van der Waals surface area contributed by atoms with E-state index in [1.165, 1.54) is 0 Å². The van der Waals surface area contributed by atoms with Crippen molar-refractivity contribution in [3.8, 4) is 0 Å². The van der Waals surface area contributed by atoms with E-state index in [2.05, 4.69) is 16.0 Å². The Morgan fingerprint density at radius 3 is 2.84 bits per heavy atom. The summed E-state index contributed by atoms with van der Waals surface area (Å²) < 4.78 is 0. The van der Waals surface area contributed by atoms with Crippen LogP contribution in [0.2, 0.25) is 0 Å². The maximum absolute atomic E-state index is 11.7. The number of nitrogens with one attached hydrogen (secondary N) is 3. The zero-order valence-electron chi connectivity index (χ0n) is 11.6.